The minimum absolute atomic E-state index is 0.0653. The fourth-order valence-corrected chi connectivity index (χ4v) is 2.75. The normalized spacial score (nSPS) is 18.0. The van der Waals surface area contributed by atoms with E-state index in [2.05, 4.69) is 15.0 Å². The Labute approximate surface area is 135 Å². The molecular weight excluding hydrogens is 292 g/mol. The number of hydrogen-bond donors (Lipinski definition) is 0. The zero-order chi connectivity index (χ0) is 16.4. The third-order valence-electron chi connectivity index (χ3n) is 3.78. The van der Waals surface area contributed by atoms with Crippen molar-refractivity contribution in [2.75, 3.05) is 19.7 Å². The number of nitrogens with zero attached hydrogens (tertiary/aromatic N) is 4. The molecule has 1 aliphatic heterocycles. The second kappa shape index (κ2) is 6.42. The standard InChI is InChI=1S/C17H20N4O2/c1-11-5-4-6-14(19-11)17(22)21-7-8-23-16(10-21)15-9-12(2)18-13(3)20-15/h4-6,9,16H,7-8,10H2,1-3H3. The van der Waals surface area contributed by atoms with E-state index >= 15 is 0 Å². The summed E-state index contributed by atoms with van der Waals surface area (Å²) in [5.41, 5.74) is 3.04. The van der Waals surface area contributed by atoms with E-state index in [-0.39, 0.29) is 12.0 Å². The molecule has 23 heavy (non-hydrogen) atoms. The van der Waals surface area contributed by atoms with Gasteiger partial charge in [0.05, 0.1) is 18.8 Å². The lowest BCUT2D eigenvalue weighted by atomic mass is 10.1. The van der Waals surface area contributed by atoms with Crippen LogP contribution in [0.1, 0.15) is 39.5 Å². The molecule has 0 aromatic carbocycles. The molecule has 0 saturated carbocycles. The fraction of sp³-hybridized carbons (Fsp3) is 0.412. The van der Waals surface area contributed by atoms with E-state index in [9.17, 15) is 4.79 Å². The van der Waals surface area contributed by atoms with Gasteiger partial charge >= 0.3 is 0 Å². The summed E-state index contributed by atoms with van der Waals surface area (Å²) in [6.45, 7) is 7.20. The van der Waals surface area contributed by atoms with Gasteiger partial charge < -0.3 is 9.64 Å². The summed E-state index contributed by atoms with van der Waals surface area (Å²) in [6.07, 6.45) is -0.224. The molecule has 1 fully saturated rings. The van der Waals surface area contributed by atoms with Crippen molar-refractivity contribution in [2.24, 2.45) is 0 Å². The first kappa shape index (κ1) is 15.6. The van der Waals surface area contributed by atoms with E-state index in [4.69, 9.17) is 4.74 Å². The Hall–Kier alpha value is -2.34. The van der Waals surface area contributed by atoms with Gasteiger partial charge in [0.25, 0.3) is 5.91 Å². The van der Waals surface area contributed by atoms with E-state index in [0.717, 1.165) is 17.1 Å². The molecule has 1 amide bonds. The molecule has 2 aromatic heterocycles. The van der Waals surface area contributed by atoms with Crippen molar-refractivity contribution in [1.29, 1.82) is 0 Å². The molecule has 3 heterocycles. The third-order valence-corrected chi connectivity index (χ3v) is 3.78. The largest absolute Gasteiger partial charge is 0.368 e. The summed E-state index contributed by atoms with van der Waals surface area (Å²) in [6, 6.07) is 7.39. The highest BCUT2D eigenvalue weighted by Gasteiger charge is 2.28. The molecule has 1 saturated heterocycles. The van der Waals surface area contributed by atoms with E-state index in [1.165, 1.54) is 0 Å². The number of carbonyl (C=O) groups excluding carboxylic acids is 1. The summed E-state index contributed by atoms with van der Waals surface area (Å²) in [4.78, 5) is 27.5. The van der Waals surface area contributed by atoms with Gasteiger partial charge in [0.15, 0.2) is 0 Å². The highest BCUT2D eigenvalue weighted by Crippen LogP contribution is 2.22. The molecule has 1 atom stereocenters. The Bertz CT molecular complexity index is 712. The lowest BCUT2D eigenvalue weighted by Crippen LogP contribution is -2.42. The van der Waals surface area contributed by atoms with Gasteiger partial charge in [-0.1, -0.05) is 6.07 Å². The molecule has 0 radical (unpaired) electrons. The number of morpholine rings is 1. The third kappa shape index (κ3) is 3.53. The smallest absolute Gasteiger partial charge is 0.272 e. The molecule has 0 spiro atoms. The molecule has 0 N–H and O–H groups in total. The zero-order valence-electron chi connectivity index (χ0n) is 13.6. The molecule has 6 nitrogen and oxygen atoms in total. The summed E-state index contributed by atoms with van der Waals surface area (Å²) in [5, 5.41) is 0. The van der Waals surface area contributed by atoms with E-state index in [1.54, 1.807) is 11.0 Å². The van der Waals surface area contributed by atoms with Crippen LogP contribution in [0.15, 0.2) is 24.3 Å². The molecule has 1 aliphatic rings. The molecule has 120 valence electrons. The van der Waals surface area contributed by atoms with Crippen LogP contribution in [-0.2, 0) is 4.74 Å². The number of rotatable bonds is 2. The number of ether oxygens (including phenoxy) is 1. The number of hydrogen-bond acceptors (Lipinski definition) is 5. The maximum absolute atomic E-state index is 12.6. The predicted molar refractivity (Wildman–Crippen MR) is 85.1 cm³/mol. The Morgan fingerprint density at radius 3 is 2.74 bits per heavy atom. The van der Waals surface area contributed by atoms with Crippen molar-refractivity contribution in [3.8, 4) is 0 Å². The Kier molecular flexibility index (Phi) is 4.34. The maximum Gasteiger partial charge on any atom is 0.272 e. The minimum atomic E-state index is -0.224. The lowest BCUT2D eigenvalue weighted by Gasteiger charge is -2.32. The number of aryl methyl sites for hydroxylation is 3. The SMILES string of the molecule is Cc1cccc(C(=O)N2CCOC(c3cc(C)nc(C)n3)C2)n1. The number of aromatic nitrogens is 3. The van der Waals surface area contributed by atoms with E-state index in [0.29, 0.717) is 31.2 Å². The van der Waals surface area contributed by atoms with Crippen LogP contribution in [0.4, 0.5) is 0 Å². The first-order valence-corrected chi connectivity index (χ1v) is 7.69. The molecule has 6 heteroatoms. The van der Waals surface area contributed by atoms with E-state index in [1.807, 2.05) is 39.0 Å². The molecule has 0 aliphatic carbocycles. The molecule has 2 aromatic rings. The highest BCUT2D eigenvalue weighted by atomic mass is 16.5. The van der Waals surface area contributed by atoms with Crippen molar-refractivity contribution in [3.63, 3.8) is 0 Å². The quantitative estimate of drug-likeness (QED) is 0.848. The highest BCUT2D eigenvalue weighted by molar-refractivity contribution is 5.92. The van der Waals surface area contributed by atoms with Crippen molar-refractivity contribution in [3.05, 3.63) is 52.9 Å². The van der Waals surface area contributed by atoms with Gasteiger partial charge in [-0.3, -0.25) is 4.79 Å². The van der Waals surface area contributed by atoms with Crippen molar-refractivity contribution >= 4 is 5.91 Å². The van der Waals surface area contributed by atoms with Crippen LogP contribution in [0.25, 0.3) is 0 Å². The van der Waals surface area contributed by atoms with Crippen molar-refractivity contribution < 1.29 is 9.53 Å². The predicted octanol–water partition coefficient (Wildman–Crippen LogP) is 2.01. The van der Waals surface area contributed by atoms with Crippen molar-refractivity contribution in [2.45, 2.75) is 26.9 Å². The van der Waals surface area contributed by atoms with Crippen molar-refractivity contribution in [1.82, 2.24) is 19.9 Å². The van der Waals surface area contributed by atoms with Crippen LogP contribution in [-0.4, -0.2) is 45.5 Å². The van der Waals surface area contributed by atoms with Crippen LogP contribution in [0.2, 0.25) is 0 Å². The summed E-state index contributed by atoms with van der Waals surface area (Å²) in [7, 11) is 0. The topological polar surface area (TPSA) is 68.2 Å². The van der Waals surface area contributed by atoms with Gasteiger partial charge in [0.2, 0.25) is 0 Å². The van der Waals surface area contributed by atoms with Crippen LogP contribution >= 0.6 is 0 Å². The maximum atomic E-state index is 12.6. The van der Waals surface area contributed by atoms with Crippen LogP contribution < -0.4 is 0 Å². The van der Waals surface area contributed by atoms with Gasteiger partial charge in [-0.2, -0.15) is 0 Å². The number of carbonyl (C=O) groups is 1. The van der Waals surface area contributed by atoms with Gasteiger partial charge in [-0.05, 0) is 39.0 Å². The van der Waals surface area contributed by atoms with Gasteiger partial charge in [0, 0.05) is 17.9 Å². The summed E-state index contributed by atoms with van der Waals surface area (Å²) < 4.78 is 5.81. The molecule has 0 bridgehead atoms. The lowest BCUT2D eigenvalue weighted by molar-refractivity contribution is -0.0250. The van der Waals surface area contributed by atoms with Crippen LogP contribution in [0.3, 0.4) is 0 Å². The molecule has 1 unspecified atom stereocenters. The molecular formula is C17H20N4O2. The molecule has 3 rings (SSSR count). The second-order valence-corrected chi connectivity index (χ2v) is 5.76. The first-order chi connectivity index (χ1) is 11.0. The first-order valence-electron chi connectivity index (χ1n) is 7.69. The van der Waals surface area contributed by atoms with Crippen LogP contribution in [0, 0.1) is 20.8 Å². The van der Waals surface area contributed by atoms with Gasteiger partial charge in [-0.15, -0.1) is 0 Å². The second-order valence-electron chi connectivity index (χ2n) is 5.76. The van der Waals surface area contributed by atoms with Gasteiger partial charge in [0.1, 0.15) is 17.6 Å². The number of amides is 1. The Balaban J connectivity index is 1.79. The summed E-state index contributed by atoms with van der Waals surface area (Å²) in [5.74, 6) is 0.650. The average Bonchev–Trinajstić information content (AvgIpc) is 2.53. The van der Waals surface area contributed by atoms with Crippen LogP contribution in [0.5, 0.6) is 0 Å². The number of pyridine rings is 1. The fourth-order valence-electron chi connectivity index (χ4n) is 2.75. The Morgan fingerprint density at radius 2 is 2.00 bits per heavy atom. The van der Waals surface area contributed by atoms with E-state index < -0.39 is 0 Å². The zero-order valence-corrected chi connectivity index (χ0v) is 13.6. The Morgan fingerprint density at radius 1 is 1.17 bits per heavy atom. The summed E-state index contributed by atoms with van der Waals surface area (Å²) >= 11 is 0. The average molecular weight is 312 g/mol. The minimum Gasteiger partial charge on any atom is -0.368 e. The monoisotopic (exact) mass is 312 g/mol. The van der Waals surface area contributed by atoms with Gasteiger partial charge in [-0.25, -0.2) is 15.0 Å².